The second kappa shape index (κ2) is 10.1. The van der Waals surface area contributed by atoms with Crippen LogP contribution in [0.25, 0.3) is 0 Å². The number of likely N-dealkylation sites (N-methyl/N-ethyl adjacent to an activating group) is 1. The summed E-state index contributed by atoms with van der Waals surface area (Å²) in [6.45, 7) is 4.21. The minimum atomic E-state index is -0.650. The normalized spacial score (nSPS) is 11.8. The largest absolute Gasteiger partial charge is 0.481 e. The van der Waals surface area contributed by atoms with E-state index in [-0.39, 0.29) is 11.8 Å². The molecule has 0 spiro atoms. The van der Waals surface area contributed by atoms with E-state index >= 15 is 0 Å². The minimum absolute atomic E-state index is 0.0912. The lowest BCUT2D eigenvalue weighted by Crippen LogP contribution is -2.36. The first-order valence-corrected chi connectivity index (χ1v) is 9.36. The van der Waals surface area contributed by atoms with Crippen LogP contribution in [-0.4, -0.2) is 43.5 Å². The van der Waals surface area contributed by atoms with E-state index in [2.05, 4.69) is 10.6 Å². The predicted octanol–water partition coefficient (Wildman–Crippen LogP) is 3.23. The van der Waals surface area contributed by atoms with Crippen molar-refractivity contribution in [2.75, 3.05) is 26.0 Å². The van der Waals surface area contributed by atoms with Crippen LogP contribution in [0.4, 0.5) is 5.69 Å². The van der Waals surface area contributed by atoms with Gasteiger partial charge in [0.15, 0.2) is 6.10 Å². The monoisotopic (exact) mass is 403 g/mol. The second-order valence-corrected chi connectivity index (χ2v) is 7.31. The number of amides is 2. The van der Waals surface area contributed by atoms with Crippen molar-refractivity contribution in [2.24, 2.45) is 0 Å². The number of nitrogens with zero attached hydrogens (tertiary/aromatic N) is 1. The number of nitrogens with one attached hydrogen (secondary N) is 2. The van der Waals surface area contributed by atoms with Gasteiger partial charge in [0.2, 0.25) is 5.91 Å². The average molecular weight is 404 g/mol. The Morgan fingerprint density at radius 3 is 2.61 bits per heavy atom. The summed E-state index contributed by atoms with van der Waals surface area (Å²) in [5.41, 5.74) is 2.44. The summed E-state index contributed by atoms with van der Waals surface area (Å²) in [6, 6.07) is 12.6. The van der Waals surface area contributed by atoms with E-state index in [4.69, 9.17) is 16.3 Å². The maximum Gasteiger partial charge on any atom is 0.261 e. The molecule has 0 aromatic heterocycles. The van der Waals surface area contributed by atoms with Crippen LogP contribution in [0.15, 0.2) is 42.5 Å². The first kappa shape index (κ1) is 21.7. The zero-order valence-electron chi connectivity index (χ0n) is 16.6. The Hall–Kier alpha value is -2.57. The van der Waals surface area contributed by atoms with Crippen LogP contribution < -0.4 is 15.4 Å². The van der Waals surface area contributed by atoms with E-state index in [0.717, 1.165) is 11.1 Å². The molecule has 2 aromatic carbocycles. The molecular weight excluding hydrogens is 378 g/mol. The number of anilines is 1. The van der Waals surface area contributed by atoms with Crippen molar-refractivity contribution < 1.29 is 14.3 Å². The molecule has 0 saturated carbocycles. The highest BCUT2D eigenvalue weighted by Gasteiger charge is 2.15. The summed E-state index contributed by atoms with van der Waals surface area (Å²) in [6.07, 6.45) is -0.650. The molecule has 7 heteroatoms. The lowest BCUT2D eigenvalue weighted by atomic mass is 10.2. The van der Waals surface area contributed by atoms with Gasteiger partial charge in [-0.05, 0) is 69.4 Å². The van der Waals surface area contributed by atoms with Gasteiger partial charge in [-0.1, -0.05) is 23.7 Å². The van der Waals surface area contributed by atoms with Gasteiger partial charge in [-0.2, -0.15) is 0 Å². The number of carbonyl (C=O) groups excluding carboxylic acids is 2. The third kappa shape index (κ3) is 6.87. The lowest BCUT2D eigenvalue weighted by Gasteiger charge is -2.16. The summed E-state index contributed by atoms with van der Waals surface area (Å²) in [5, 5.41) is 6.31. The second-order valence-electron chi connectivity index (χ2n) is 6.87. The number of carbonyl (C=O) groups is 2. The van der Waals surface area contributed by atoms with Crippen molar-refractivity contribution in [2.45, 2.75) is 26.5 Å². The van der Waals surface area contributed by atoms with Crippen LogP contribution in [0.2, 0.25) is 5.02 Å². The first-order chi connectivity index (χ1) is 13.2. The molecule has 1 atom stereocenters. The van der Waals surface area contributed by atoms with Gasteiger partial charge in [-0.15, -0.1) is 0 Å². The fourth-order valence-electron chi connectivity index (χ4n) is 2.57. The Labute approximate surface area is 170 Å². The summed E-state index contributed by atoms with van der Waals surface area (Å²) in [7, 11) is 3.67. The zero-order valence-corrected chi connectivity index (χ0v) is 17.3. The molecule has 2 aromatic rings. The van der Waals surface area contributed by atoms with Gasteiger partial charge in [0.1, 0.15) is 5.75 Å². The molecule has 1 unspecified atom stereocenters. The number of aryl methyl sites for hydroxylation is 1. The van der Waals surface area contributed by atoms with Gasteiger partial charge in [0.05, 0.1) is 6.54 Å². The summed E-state index contributed by atoms with van der Waals surface area (Å²) in [5.74, 6) is 0.306. The van der Waals surface area contributed by atoms with Crippen LogP contribution >= 0.6 is 11.6 Å². The Kier molecular flexibility index (Phi) is 7.84. The number of rotatable bonds is 8. The van der Waals surface area contributed by atoms with Crippen LogP contribution in [0, 0.1) is 6.92 Å². The zero-order chi connectivity index (χ0) is 20.7. The lowest BCUT2D eigenvalue weighted by molar-refractivity contribution is -0.127. The smallest absolute Gasteiger partial charge is 0.261 e. The van der Waals surface area contributed by atoms with Crippen molar-refractivity contribution in [1.82, 2.24) is 10.2 Å². The minimum Gasteiger partial charge on any atom is -0.481 e. The van der Waals surface area contributed by atoms with Crippen molar-refractivity contribution in [3.8, 4) is 5.75 Å². The molecule has 6 nitrogen and oxygen atoms in total. The molecule has 0 aliphatic carbocycles. The first-order valence-electron chi connectivity index (χ1n) is 8.98. The third-order valence-corrected chi connectivity index (χ3v) is 4.18. The SMILES string of the molecule is Cc1cc(Cl)ccc1OC(C)C(=O)NCc1cccc(NC(=O)CN(C)C)c1. The van der Waals surface area contributed by atoms with Gasteiger partial charge >= 0.3 is 0 Å². The van der Waals surface area contributed by atoms with Crippen molar-refractivity contribution in [3.05, 3.63) is 58.6 Å². The van der Waals surface area contributed by atoms with E-state index in [1.807, 2.05) is 45.3 Å². The summed E-state index contributed by atoms with van der Waals surface area (Å²) >= 11 is 5.94. The van der Waals surface area contributed by atoms with E-state index < -0.39 is 6.10 Å². The van der Waals surface area contributed by atoms with E-state index in [1.54, 1.807) is 30.0 Å². The molecule has 0 aliphatic rings. The molecule has 0 fully saturated rings. The van der Waals surface area contributed by atoms with E-state index in [1.165, 1.54) is 0 Å². The van der Waals surface area contributed by atoms with E-state index in [9.17, 15) is 9.59 Å². The Bertz CT molecular complexity index is 839. The molecule has 2 rings (SSSR count). The fraction of sp³-hybridized carbons (Fsp3) is 0.333. The maximum absolute atomic E-state index is 12.3. The number of ether oxygens (including phenoxy) is 1. The third-order valence-electron chi connectivity index (χ3n) is 3.95. The molecule has 150 valence electrons. The molecule has 0 heterocycles. The topological polar surface area (TPSA) is 70.7 Å². The standard InChI is InChI=1S/C21H26ClN3O3/c1-14-10-17(22)8-9-19(14)28-15(2)21(27)23-12-16-6-5-7-18(11-16)24-20(26)13-25(3)4/h5-11,15H,12-13H2,1-4H3,(H,23,27)(H,24,26). The molecule has 0 bridgehead atoms. The van der Waals surface area contributed by atoms with Crippen molar-refractivity contribution in [3.63, 3.8) is 0 Å². The maximum atomic E-state index is 12.3. The molecular formula is C21H26ClN3O3. The number of benzene rings is 2. The molecule has 28 heavy (non-hydrogen) atoms. The number of hydrogen-bond donors (Lipinski definition) is 2. The Morgan fingerprint density at radius 2 is 1.93 bits per heavy atom. The molecule has 0 aliphatic heterocycles. The summed E-state index contributed by atoms with van der Waals surface area (Å²) < 4.78 is 5.73. The van der Waals surface area contributed by atoms with Crippen LogP contribution in [0.3, 0.4) is 0 Å². The van der Waals surface area contributed by atoms with Crippen molar-refractivity contribution in [1.29, 1.82) is 0 Å². The van der Waals surface area contributed by atoms with Gasteiger partial charge in [0.25, 0.3) is 5.91 Å². The Morgan fingerprint density at radius 1 is 1.18 bits per heavy atom. The number of hydrogen-bond acceptors (Lipinski definition) is 4. The molecule has 2 amide bonds. The summed E-state index contributed by atoms with van der Waals surface area (Å²) in [4.78, 5) is 26.0. The number of halogens is 1. The van der Waals surface area contributed by atoms with Crippen LogP contribution in [0.1, 0.15) is 18.1 Å². The molecule has 0 saturated heterocycles. The highest BCUT2D eigenvalue weighted by molar-refractivity contribution is 6.30. The quantitative estimate of drug-likeness (QED) is 0.709. The van der Waals surface area contributed by atoms with Crippen molar-refractivity contribution >= 4 is 29.1 Å². The van der Waals surface area contributed by atoms with Gasteiger partial charge in [-0.3, -0.25) is 9.59 Å². The van der Waals surface area contributed by atoms with Gasteiger partial charge in [0, 0.05) is 17.3 Å². The van der Waals surface area contributed by atoms with Gasteiger partial charge in [-0.25, -0.2) is 0 Å². The molecule has 0 radical (unpaired) electrons. The fourth-order valence-corrected chi connectivity index (χ4v) is 2.80. The average Bonchev–Trinajstić information content (AvgIpc) is 2.61. The molecule has 2 N–H and O–H groups in total. The van der Waals surface area contributed by atoms with Crippen LogP contribution in [0.5, 0.6) is 5.75 Å². The highest BCUT2D eigenvalue weighted by atomic mass is 35.5. The Balaban J connectivity index is 1.89. The van der Waals surface area contributed by atoms with E-state index in [0.29, 0.717) is 29.5 Å². The van der Waals surface area contributed by atoms with Crippen LogP contribution in [-0.2, 0) is 16.1 Å². The predicted molar refractivity (Wildman–Crippen MR) is 112 cm³/mol. The highest BCUT2D eigenvalue weighted by Crippen LogP contribution is 2.22. The van der Waals surface area contributed by atoms with Gasteiger partial charge < -0.3 is 20.3 Å².